The van der Waals surface area contributed by atoms with Gasteiger partial charge in [0.2, 0.25) is 5.91 Å². The Kier molecular flexibility index (Phi) is 5.56. The molecule has 0 aromatic heterocycles. The summed E-state index contributed by atoms with van der Waals surface area (Å²) in [6, 6.07) is 13.7. The topological polar surface area (TPSA) is 29.1 Å². The molecule has 0 fully saturated rings. The van der Waals surface area contributed by atoms with Crippen LogP contribution in [0.4, 0.5) is 4.39 Å². The fraction of sp³-hybridized carbons (Fsp3) is 0.278. The highest BCUT2D eigenvalue weighted by Gasteiger charge is 2.24. The van der Waals surface area contributed by atoms with Crippen LogP contribution in [0, 0.1) is 11.7 Å². The summed E-state index contributed by atoms with van der Waals surface area (Å²) in [5.41, 5.74) is 1.39. The molecule has 4 heteroatoms. The smallest absolute Gasteiger partial charge is 0.228 e. The molecule has 2 aromatic carbocycles. The van der Waals surface area contributed by atoms with E-state index < -0.39 is 0 Å². The first kappa shape index (κ1) is 16.5. The van der Waals surface area contributed by atoms with Crippen LogP contribution in [0.15, 0.2) is 48.5 Å². The number of rotatable bonds is 5. The lowest BCUT2D eigenvalue weighted by Gasteiger charge is -2.21. The van der Waals surface area contributed by atoms with Gasteiger partial charge in [0, 0.05) is 17.1 Å². The molecule has 116 valence electrons. The first-order chi connectivity index (χ1) is 10.5. The summed E-state index contributed by atoms with van der Waals surface area (Å²) < 4.78 is 13.6. The van der Waals surface area contributed by atoms with Crippen molar-refractivity contribution in [2.45, 2.75) is 26.3 Å². The zero-order chi connectivity index (χ0) is 16.1. The van der Waals surface area contributed by atoms with Gasteiger partial charge in [0.1, 0.15) is 5.82 Å². The normalized spacial score (nSPS) is 12.2. The van der Waals surface area contributed by atoms with E-state index in [0.29, 0.717) is 10.6 Å². The van der Waals surface area contributed by atoms with E-state index in [2.05, 4.69) is 5.32 Å². The fourth-order valence-electron chi connectivity index (χ4n) is 2.44. The molecule has 1 atom stereocenters. The molecule has 0 saturated heterocycles. The average Bonchev–Trinajstić information content (AvgIpc) is 2.48. The van der Waals surface area contributed by atoms with Crippen molar-refractivity contribution >= 4 is 17.5 Å². The van der Waals surface area contributed by atoms with Crippen molar-refractivity contribution in [2.75, 3.05) is 0 Å². The molecule has 0 heterocycles. The molecule has 0 aliphatic carbocycles. The SMILES string of the molecule is CC(C)[C@@H](C(=O)NCc1ccccc1F)c1ccc(Cl)cc1. The number of amides is 1. The van der Waals surface area contributed by atoms with Crippen molar-refractivity contribution in [2.24, 2.45) is 5.92 Å². The highest BCUT2D eigenvalue weighted by atomic mass is 35.5. The molecule has 22 heavy (non-hydrogen) atoms. The molecule has 0 aliphatic rings. The fourth-order valence-corrected chi connectivity index (χ4v) is 2.57. The predicted molar refractivity (Wildman–Crippen MR) is 87.3 cm³/mol. The number of halogens is 2. The maximum atomic E-state index is 13.6. The van der Waals surface area contributed by atoms with E-state index in [-0.39, 0.29) is 30.1 Å². The standard InChI is InChI=1S/C18H19ClFNO/c1-12(2)17(13-7-9-15(19)10-8-13)18(22)21-11-14-5-3-4-6-16(14)20/h3-10,12,17H,11H2,1-2H3,(H,21,22)/t17-/m1/s1. The Morgan fingerprint density at radius 1 is 1.14 bits per heavy atom. The summed E-state index contributed by atoms with van der Waals surface area (Å²) in [7, 11) is 0. The van der Waals surface area contributed by atoms with Crippen LogP contribution in [-0.4, -0.2) is 5.91 Å². The number of hydrogen-bond acceptors (Lipinski definition) is 1. The first-order valence-corrected chi connectivity index (χ1v) is 7.63. The van der Waals surface area contributed by atoms with Gasteiger partial charge >= 0.3 is 0 Å². The Labute approximate surface area is 135 Å². The van der Waals surface area contributed by atoms with E-state index in [4.69, 9.17) is 11.6 Å². The van der Waals surface area contributed by atoms with Crippen LogP contribution < -0.4 is 5.32 Å². The van der Waals surface area contributed by atoms with Crippen LogP contribution >= 0.6 is 11.6 Å². The minimum Gasteiger partial charge on any atom is -0.351 e. The Morgan fingerprint density at radius 3 is 2.36 bits per heavy atom. The summed E-state index contributed by atoms with van der Waals surface area (Å²) >= 11 is 5.89. The second-order valence-corrected chi connectivity index (χ2v) is 6.02. The second kappa shape index (κ2) is 7.41. The van der Waals surface area contributed by atoms with Gasteiger partial charge in [-0.2, -0.15) is 0 Å². The number of carbonyl (C=O) groups excluding carboxylic acids is 1. The minimum atomic E-state index is -0.310. The highest BCUT2D eigenvalue weighted by Crippen LogP contribution is 2.26. The molecule has 0 bridgehead atoms. The molecule has 2 rings (SSSR count). The van der Waals surface area contributed by atoms with Crippen molar-refractivity contribution in [1.82, 2.24) is 5.32 Å². The van der Waals surface area contributed by atoms with Crippen LogP contribution in [0.3, 0.4) is 0 Å². The minimum absolute atomic E-state index is 0.111. The monoisotopic (exact) mass is 319 g/mol. The van der Waals surface area contributed by atoms with Gasteiger partial charge in [-0.3, -0.25) is 4.79 Å². The van der Waals surface area contributed by atoms with E-state index in [1.165, 1.54) is 6.07 Å². The van der Waals surface area contributed by atoms with Crippen molar-refractivity contribution in [3.63, 3.8) is 0 Å². The van der Waals surface area contributed by atoms with Gasteiger partial charge in [-0.1, -0.05) is 55.8 Å². The van der Waals surface area contributed by atoms with Crippen LogP contribution in [0.1, 0.15) is 30.9 Å². The summed E-state index contributed by atoms with van der Waals surface area (Å²) in [4.78, 5) is 12.5. The molecule has 0 radical (unpaired) electrons. The van der Waals surface area contributed by atoms with Crippen molar-refractivity contribution < 1.29 is 9.18 Å². The Morgan fingerprint density at radius 2 is 1.77 bits per heavy atom. The first-order valence-electron chi connectivity index (χ1n) is 7.25. The number of carbonyl (C=O) groups is 1. The largest absolute Gasteiger partial charge is 0.351 e. The molecule has 0 saturated carbocycles. The lowest BCUT2D eigenvalue weighted by Crippen LogP contribution is -2.31. The quantitative estimate of drug-likeness (QED) is 0.861. The van der Waals surface area contributed by atoms with Gasteiger partial charge in [-0.05, 0) is 29.7 Å². The third kappa shape index (κ3) is 4.08. The van der Waals surface area contributed by atoms with Gasteiger partial charge in [-0.25, -0.2) is 4.39 Å². The predicted octanol–water partition coefficient (Wildman–Crippen LogP) is 4.54. The molecule has 2 nitrogen and oxygen atoms in total. The van der Waals surface area contributed by atoms with Gasteiger partial charge in [0.15, 0.2) is 0 Å². The summed E-state index contributed by atoms with van der Waals surface area (Å²) in [6.07, 6.45) is 0. The highest BCUT2D eigenvalue weighted by molar-refractivity contribution is 6.30. The van der Waals surface area contributed by atoms with Gasteiger partial charge in [0.25, 0.3) is 0 Å². The molecule has 0 spiro atoms. The van der Waals surface area contributed by atoms with Crippen LogP contribution in [0.25, 0.3) is 0 Å². The van der Waals surface area contributed by atoms with Crippen molar-refractivity contribution in [1.29, 1.82) is 0 Å². The number of benzene rings is 2. The van der Waals surface area contributed by atoms with Crippen LogP contribution in [0.5, 0.6) is 0 Å². The van der Waals surface area contributed by atoms with Gasteiger partial charge in [-0.15, -0.1) is 0 Å². The van der Waals surface area contributed by atoms with Crippen molar-refractivity contribution in [3.05, 3.63) is 70.5 Å². The molecule has 0 aliphatic heterocycles. The van der Waals surface area contributed by atoms with Crippen LogP contribution in [-0.2, 0) is 11.3 Å². The Balaban J connectivity index is 2.10. The van der Waals surface area contributed by atoms with E-state index in [1.807, 2.05) is 26.0 Å². The molecule has 1 amide bonds. The van der Waals surface area contributed by atoms with Crippen LogP contribution in [0.2, 0.25) is 5.02 Å². The molecule has 0 unspecified atom stereocenters. The Bertz CT molecular complexity index is 640. The Hall–Kier alpha value is -1.87. The van der Waals surface area contributed by atoms with Gasteiger partial charge in [0.05, 0.1) is 5.92 Å². The maximum Gasteiger partial charge on any atom is 0.228 e. The zero-order valence-corrected chi connectivity index (χ0v) is 13.4. The molecular formula is C18H19ClFNO. The molecule has 1 N–H and O–H groups in total. The van der Waals surface area contributed by atoms with Crippen molar-refractivity contribution in [3.8, 4) is 0 Å². The summed E-state index contributed by atoms with van der Waals surface area (Å²) in [5, 5.41) is 3.46. The van der Waals surface area contributed by atoms with E-state index in [1.54, 1.807) is 30.3 Å². The summed E-state index contributed by atoms with van der Waals surface area (Å²) in [5.74, 6) is -0.582. The zero-order valence-electron chi connectivity index (χ0n) is 12.6. The summed E-state index contributed by atoms with van der Waals surface area (Å²) in [6.45, 7) is 4.16. The van der Waals surface area contributed by atoms with Gasteiger partial charge < -0.3 is 5.32 Å². The maximum absolute atomic E-state index is 13.6. The second-order valence-electron chi connectivity index (χ2n) is 5.58. The average molecular weight is 320 g/mol. The third-order valence-corrected chi connectivity index (χ3v) is 3.84. The number of hydrogen-bond donors (Lipinski definition) is 1. The lowest BCUT2D eigenvalue weighted by atomic mass is 9.87. The molecular weight excluding hydrogens is 301 g/mol. The van der Waals surface area contributed by atoms with E-state index in [0.717, 1.165) is 5.56 Å². The lowest BCUT2D eigenvalue weighted by molar-refractivity contribution is -0.123. The van der Waals surface area contributed by atoms with E-state index in [9.17, 15) is 9.18 Å². The number of nitrogens with one attached hydrogen (secondary N) is 1. The van der Waals surface area contributed by atoms with E-state index >= 15 is 0 Å². The molecule has 2 aromatic rings. The third-order valence-electron chi connectivity index (χ3n) is 3.59.